The summed E-state index contributed by atoms with van der Waals surface area (Å²) in [5.41, 5.74) is 3.28. The van der Waals surface area contributed by atoms with Crippen LogP contribution in [-0.4, -0.2) is 60.8 Å². The number of carbonyl (C=O) groups excluding carboxylic acids is 2. The highest BCUT2D eigenvalue weighted by molar-refractivity contribution is 5.95. The molecule has 3 aromatic rings. The molecule has 0 aliphatic carbocycles. The number of aryl methyl sites for hydroxylation is 2. The van der Waals surface area contributed by atoms with Crippen LogP contribution in [0.25, 0.3) is 5.65 Å². The number of fused-ring (bicyclic) bond motifs is 1. The number of nitrogens with zero attached hydrogens (tertiary/aromatic N) is 6. The molecule has 30 heavy (non-hydrogen) atoms. The van der Waals surface area contributed by atoms with E-state index in [-0.39, 0.29) is 11.8 Å². The van der Waals surface area contributed by atoms with Crippen molar-refractivity contribution < 1.29 is 9.59 Å². The van der Waals surface area contributed by atoms with Crippen LogP contribution in [0.15, 0.2) is 36.5 Å². The van der Waals surface area contributed by atoms with Crippen molar-refractivity contribution in [3.63, 3.8) is 0 Å². The van der Waals surface area contributed by atoms with Crippen molar-refractivity contribution in [3.05, 3.63) is 59.3 Å². The Hall–Kier alpha value is -3.29. The first-order valence-electron chi connectivity index (χ1n) is 10.3. The van der Waals surface area contributed by atoms with Crippen LogP contribution in [0.1, 0.15) is 40.4 Å². The SMILES string of the molecule is Cc1cc(C)n2nc(C(=O)N3CCC4(CCN(Cc5ccccn5)C4=O)C3)cc2n1. The second-order valence-corrected chi connectivity index (χ2v) is 8.39. The van der Waals surface area contributed by atoms with Gasteiger partial charge in [-0.3, -0.25) is 14.6 Å². The fourth-order valence-corrected chi connectivity index (χ4v) is 4.71. The van der Waals surface area contributed by atoms with E-state index in [2.05, 4.69) is 15.1 Å². The van der Waals surface area contributed by atoms with Crippen LogP contribution in [0.5, 0.6) is 0 Å². The highest BCUT2D eigenvalue weighted by Crippen LogP contribution is 2.41. The van der Waals surface area contributed by atoms with Crippen LogP contribution < -0.4 is 0 Å². The minimum atomic E-state index is -0.478. The molecule has 0 radical (unpaired) electrons. The summed E-state index contributed by atoms with van der Waals surface area (Å²) in [7, 11) is 0. The first-order chi connectivity index (χ1) is 14.4. The maximum Gasteiger partial charge on any atom is 0.274 e. The third-order valence-corrected chi connectivity index (χ3v) is 6.27. The Labute approximate surface area is 174 Å². The maximum atomic E-state index is 13.2. The van der Waals surface area contributed by atoms with Crippen molar-refractivity contribution in [1.29, 1.82) is 0 Å². The average molecular weight is 404 g/mol. The van der Waals surface area contributed by atoms with Crippen LogP contribution in [-0.2, 0) is 11.3 Å². The molecule has 1 atom stereocenters. The van der Waals surface area contributed by atoms with Gasteiger partial charge in [0, 0.05) is 43.3 Å². The third-order valence-electron chi connectivity index (χ3n) is 6.27. The van der Waals surface area contributed by atoms with E-state index >= 15 is 0 Å². The van der Waals surface area contributed by atoms with Gasteiger partial charge in [0.1, 0.15) is 0 Å². The molecule has 8 nitrogen and oxygen atoms in total. The number of amides is 2. The number of hydrogen-bond acceptors (Lipinski definition) is 5. The minimum absolute atomic E-state index is 0.131. The van der Waals surface area contributed by atoms with Gasteiger partial charge >= 0.3 is 0 Å². The van der Waals surface area contributed by atoms with E-state index < -0.39 is 5.41 Å². The summed E-state index contributed by atoms with van der Waals surface area (Å²) in [6, 6.07) is 9.41. The molecule has 2 saturated heterocycles. The van der Waals surface area contributed by atoms with Crippen molar-refractivity contribution >= 4 is 17.5 Å². The standard InChI is InChI=1S/C22H24N6O2/c1-15-11-16(2)28-19(24-15)12-18(25-28)20(29)27-10-7-22(14-27)6-9-26(21(22)30)13-17-5-3-4-8-23-17/h3-5,8,11-12H,6-7,9-10,13-14H2,1-2H3. The quantitative estimate of drug-likeness (QED) is 0.667. The zero-order chi connectivity index (χ0) is 20.9. The van der Waals surface area contributed by atoms with Gasteiger partial charge in [0.05, 0.1) is 17.7 Å². The highest BCUT2D eigenvalue weighted by atomic mass is 16.2. The van der Waals surface area contributed by atoms with Gasteiger partial charge in [0.2, 0.25) is 5.91 Å². The molecule has 1 unspecified atom stereocenters. The lowest BCUT2D eigenvalue weighted by Gasteiger charge is -2.23. The Morgan fingerprint density at radius 2 is 2.00 bits per heavy atom. The van der Waals surface area contributed by atoms with Gasteiger partial charge in [0.15, 0.2) is 11.3 Å². The monoisotopic (exact) mass is 404 g/mol. The molecular weight excluding hydrogens is 380 g/mol. The van der Waals surface area contributed by atoms with Crippen LogP contribution in [0.4, 0.5) is 0 Å². The summed E-state index contributed by atoms with van der Waals surface area (Å²) in [6.07, 6.45) is 3.21. The Bertz CT molecular complexity index is 1140. The van der Waals surface area contributed by atoms with Gasteiger partial charge in [-0.25, -0.2) is 9.50 Å². The number of carbonyl (C=O) groups is 2. The van der Waals surface area contributed by atoms with Crippen molar-refractivity contribution in [3.8, 4) is 0 Å². The smallest absolute Gasteiger partial charge is 0.274 e. The van der Waals surface area contributed by atoms with Crippen LogP contribution in [0, 0.1) is 19.3 Å². The number of likely N-dealkylation sites (tertiary alicyclic amines) is 2. The molecule has 1 spiro atoms. The molecule has 2 aliphatic rings. The van der Waals surface area contributed by atoms with Crippen molar-refractivity contribution in [2.45, 2.75) is 33.2 Å². The minimum Gasteiger partial charge on any atom is -0.336 e. The zero-order valence-corrected chi connectivity index (χ0v) is 17.2. The number of aromatic nitrogens is 4. The number of pyridine rings is 1. The lowest BCUT2D eigenvalue weighted by molar-refractivity contribution is -0.135. The lowest BCUT2D eigenvalue weighted by Crippen LogP contribution is -2.38. The van der Waals surface area contributed by atoms with Crippen LogP contribution in [0.3, 0.4) is 0 Å². The van der Waals surface area contributed by atoms with Crippen LogP contribution >= 0.6 is 0 Å². The van der Waals surface area contributed by atoms with Gasteiger partial charge < -0.3 is 9.80 Å². The predicted octanol–water partition coefficient (Wildman–Crippen LogP) is 2.01. The summed E-state index contributed by atoms with van der Waals surface area (Å²) < 4.78 is 1.70. The molecule has 2 fully saturated rings. The molecule has 5 heterocycles. The van der Waals surface area contributed by atoms with Gasteiger partial charge in [-0.1, -0.05) is 6.07 Å². The summed E-state index contributed by atoms with van der Waals surface area (Å²) in [6.45, 7) is 6.11. The summed E-state index contributed by atoms with van der Waals surface area (Å²) in [4.78, 5) is 38.7. The zero-order valence-electron chi connectivity index (χ0n) is 17.2. The summed E-state index contributed by atoms with van der Waals surface area (Å²) in [5.74, 6) is -0.00278. The van der Waals surface area contributed by atoms with E-state index in [0.29, 0.717) is 43.9 Å². The van der Waals surface area contributed by atoms with Gasteiger partial charge in [0.25, 0.3) is 5.91 Å². The average Bonchev–Trinajstić information content (AvgIpc) is 3.43. The van der Waals surface area contributed by atoms with Gasteiger partial charge in [-0.2, -0.15) is 5.10 Å². The Balaban J connectivity index is 1.32. The molecular formula is C22H24N6O2. The molecule has 3 aromatic heterocycles. The maximum absolute atomic E-state index is 13.2. The Kier molecular flexibility index (Phi) is 4.30. The predicted molar refractivity (Wildman–Crippen MR) is 110 cm³/mol. The van der Waals surface area contributed by atoms with E-state index in [4.69, 9.17) is 0 Å². The third kappa shape index (κ3) is 3.03. The van der Waals surface area contributed by atoms with Crippen LogP contribution in [0.2, 0.25) is 0 Å². The molecule has 8 heteroatoms. The van der Waals surface area contributed by atoms with Crippen molar-refractivity contribution in [2.75, 3.05) is 19.6 Å². The van der Waals surface area contributed by atoms with E-state index in [0.717, 1.165) is 23.5 Å². The van der Waals surface area contributed by atoms with Crippen molar-refractivity contribution in [2.24, 2.45) is 5.41 Å². The van der Waals surface area contributed by atoms with Crippen molar-refractivity contribution in [1.82, 2.24) is 29.4 Å². The lowest BCUT2D eigenvalue weighted by atomic mass is 9.85. The molecule has 0 saturated carbocycles. The normalized spacial score (nSPS) is 21.3. The molecule has 5 rings (SSSR count). The fourth-order valence-electron chi connectivity index (χ4n) is 4.71. The topological polar surface area (TPSA) is 83.7 Å². The van der Waals surface area contributed by atoms with E-state index in [1.165, 1.54) is 0 Å². The molecule has 2 aliphatic heterocycles. The highest BCUT2D eigenvalue weighted by Gasteiger charge is 2.51. The molecule has 2 amide bonds. The second kappa shape index (κ2) is 6.90. The molecule has 0 N–H and O–H groups in total. The summed E-state index contributed by atoms with van der Waals surface area (Å²) in [5, 5.41) is 4.46. The molecule has 154 valence electrons. The van der Waals surface area contributed by atoms with Gasteiger partial charge in [-0.15, -0.1) is 0 Å². The Morgan fingerprint density at radius 1 is 1.17 bits per heavy atom. The first kappa shape index (κ1) is 18.7. The fraction of sp³-hybridized carbons (Fsp3) is 0.409. The van der Waals surface area contributed by atoms with E-state index in [1.807, 2.05) is 43.0 Å². The molecule has 0 bridgehead atoms. The first-order valence-corrected chi connectivity index (χ1v) is 10.3. The summed E-state index contributed by atoms with van der Waals surface area (Å²) >= 11 is 0. The largest absolute Gasteiger partial charge is 0.336 e. The molecule has 0 aromatic carbocycles. The van der Waals surface area contributed by atoms with E-state index in [9.17, 15) is 9.59 Å². The van der Waals surface area contributed by atoms with E-state index in [1.54, 1.807) is 21.7 Å². The van der Waals surface area contributed by atoms with Gasteiger partial charge in [-0.05, 0) is 44.9 Å². The number of hydrogen-bond donors (Lipinski definition) is 0. The Morgan fingerprint density at radius 3 is 2.80 bits per heavy atom. The number of rotatable bonds is 3. The second-order valence-electron chi connectivity index (χ2n) is 8.39.